The molecule has 1 heterocycles. The number of carbonyl (C=O) groups is 1. The van der Waals surface area contributed by atoms with Gasteiger partial charge >= 0.3 is 0 Å². The summed E-state index contributed by atoms with van der Waals surface area (Å²) in [4.78, 5) is 10.1. The first-order chi connectivity index (χ1) is 9.07. The Morgan fingerprint density at radius 1 is 1.20 bits per heavy atom. The molecular weight excluding hydrogens is 260 g/mol. The molecule has 1 aliphatic carbocycles. The zero-order chi connectivity index (χ0) is 15.8. The lowest BCUT2D eigenvalue weighted by Gasteiger charge is -2.11. The number of hydrogen-bond donors (Lipinski definition) is 2. The van der Waals surface area contributed by atoms with Crippen molar-refractivity contribution in [1.29, 1.82) is 0 Å². The SMILES string of the molecule is CC(C)(C)O.CC1(C=O)OCCO1.CC1CCCC1O. The molecule has 5 heteroatoms. The maximum absolute atomic E-state index is 10.1. The highest BCUT2D eigenvalue weighted by Gasteiger charge is 2.29. The highest BCUT2D eigenvalue weighted by atomic mass is 16.7. The molecular formula is C15H30O5. The van der Waals surface area contributed by atoms with Crippen LogP contribution in [-0.4, -0.2) is 47.2 Å². The van der Waals surface area contributed by atoms with E-state index in [1.165, 1.54) is 12.8 Å². The minimum absolute atomic E-state index is 0.0139. The smallest absolute Gasteiger partial charge is 0.223 e. The van der Waals surface area contributed by atoms with Gasteiger partial charge in [-0.15, -0.1) is 0 Å². The monoisotopic (exact) mass is 290 g/mol. The molecule has 2 N–H and O–H groups in total. The molecule has 2 rings (SSSR count). The largest absolute Gasteiger partial charge is 0.393 e. The first kappa shape index (κ1) is 19.5. The lowest BCUT2D eigenvalue weighted by molar-refractivity contribution is -0.159. The summed E-state index contributed by atoms with van der Waals surface area (Å²) in [7, 11) is 0. The van der Waals surface area contributed by atoms with E-state index in [0.29, 0.717) is 25.4 Å². The Kier molecular flexibility index (Phi) is 8.51. The van der Waals surface area contributed by atoms with Crippen LogP contribution < -0.4 is 0 Å². The van der Waals surface area contributed by atoms with E-state index in [2.05, 4.69) is 6.92 Å². The van der Waals surface area contributed by atoms with Gasteiger partial charge in [-0.05, 0) is 46.5 Å². The van der Waals surface area contributed by atoms with Crippen molar-refractivity contribution in [1.82, 2.24) is 0 Å². The summed E-state index contributed by atoms with van der Waals surface area (Å²) in [6, 6.07) is 0. The second-order valence-corrected chi connectivity index (χ2v) is 6.48. The number of ether oxygens (including phenoxy) is 2. The van der Waals surface area contributed by atoms with Crippen molar-refractivity contribution in [3.63, 3.8) is 0 Å². The van der Waals surface area contributed by atoms with E-state index in [-0.39, 0.29) is 6.10 Å². The number of hydrogen-bond acceptors (Lipinski definition) is 5. The molecule has 2 aliphatic rings. The average Bonchev–Trinajstić information content (AvgIpc) is 2.89. The van der Waals surface area contributed by atoms with Gasteiger partial charge in [-0.25, -0.2) is 0 Å². The summed E-state index contributed by atoms with van der Waals surface area (Å²) in [6.45, 7) is 9.99. The quantitative estimate of drug-likeness (QED) is 0.721. The van der Waals surface area contributed by atoms with Crippen LogP contribution in [0.1, 0.15) is 53.9 Å². The maximum atomic E-state index is 10.1. The summed E-state index contributed by atoms with van der Waals surface area (Å²) in [5.74, 6) is -0.375. The molecule has 0 bridgehead atoms. The fraction of sp³-hybridized carbons (Fsp3) is 0.933. The predicted molar refractivity (Wildman–Crippen MR) is 77.4 cm³/mol. The van der Waals surface area contributed by atoms with Crippen molar-refractivity contribution in [3.05, 3.63) is 0 Å². The molecule has 1 saturated carbocycles. The van der Waals surface area contributed by atoms with Crippen LogP contribution in [0.5, 0.6) is 0 Å². The van der Waals surface area contributed by atoms with E-state index in [1.807, 2.05) is 0 Å². The Labute approximate surface area is 122 Å². The number of rotatable bonds is 1. The second kappa shape index (κ2) is 8.72. The van der Waals surface area contributed by atoms with E-state index in [9.17, 15) is 4.79 Å². The van der Waals surface area contributed by atoms with Gasteiger partial charge in [0.15, 0.2) is 6.29 Å². The number of aliphatic hydroxyl groups excluding tert-OH is 1. The predicted octanol–water partition coefficient (Wildman–Crippen LogP) is 1.89. The molecule has 0 aromatic carbocycles. The Morgan fingerprint density at radius 2 is 1.65 bits per heavy atom. The summed E-state index contributed by atoms with van der Waals surface area (Å²) in [5, 5.41) is 17.5. The fourth-order valence-electron chi connectivity index (χ4n) is 1.72. The van der Waals surface area contributed by atoms with Crippen molar-refractivity contribution in [2.75, 3.05) is 13.2 Å². The van der Waals surface area contributed by atoms with Crippen molar-refractivity contribution in [2.24, 2.45) is 5.92 Å². The summed E-state index contributed by atoms with van der Waals surface area (Å²) >= 11 is 0. The third-order valence-corrected chi connectivity index (χ3v) is 2.89. The van der Waals surface area contributed by atoms with Crippen LogP contribution in [0.15, 0.2) is 0 Å². The molecule has 0 radical (unpaired) electrons. The minimum Gasteiger partial charge on any atom is -0.393 e. The summed E-state index contributed by atoms with van der Waals surface area (Å²) < 4.78 is 9.80. The second-order valence-electron chi connectivity index (χ2n) is 6.48. The van der Waals surface area contributed by atoms with Gasteiger partial charge in [-0.1, -0.05) is 13.3 Å². The number of aliphatic hydroxyl groups is 2. The van der Waals surface area contributed by atoms with Gasteiger partial charge in [0.1, 0.15) is 0 Å². The normalized spacial score (nSPS) is 27.9. The van der Waals surface area contributed by atoms with E-state index in [0.717, 1.165) is 6.42 Å². The Morgan fingerprint density at radius 3 is 1.80 bits per heavy atom. The molecule has 20 heavy (non-hydrogen) atoms. The van der Waals surface area contributed by atoms with Gasteiger partial charge in [-0.3, -0.25) is 4.79 Å². The molecule has 0 aromatic heterocycles. The lowest BCUT2D eigenvalue weighted by Crippen LogP contribution is -2.26. The van der Waals surface area contributed by atoms with E-state index in [4.69, 9.17) is 19.7 Å². The molecule has 0 spiro atoms. The number of aldehydes is 1. The third kappa shape index (κ3) is 10.3. The van der Waals surface area contributed by atoms with E-state index < -0.39 is 11.4 Å². The van der Waals surface area contributed by atoms with Crippen molar-refractivity contribution < 1.29 is 24.5 Å². The zero-order valence-electron chi connectivity index (χ0n) is 13.4. The molecule has 1 saturated heterocycles. The summed E-state index contributed by atoms with van der Waals surface area (Å²) in [6.07, 6.45) is 4.16. The van der Waals surface area contributed by atoms with Gasteiger partial charge in [0, 0.05) is 0 Å². The molecule has 2 fully saturated rings. The van der Waals surface area contributed by atoms with Gasteiger partial charge < -0.3 is 19.7 Å². The van der Waals surface area contributed by atoms with Gasteiger partial charge in [0.05, 0.1) is 24.9 Å². The van der Waals surface area contributed by atoms with Crippen molar-refractivity contribution in [3.8, 4) is 0 Å². The van der Waals surface area contributed by atoms with Crippen LogP contribution in [0.2, 0.25) is 0 Å². The van der Waals surface area contributed by atoms with Crippen LogP contribution in [0.3, 0.4) is 0 Å². The Bertz CT molecular complexity index is 252. The molecule has 0 aromatic rings. The topological polar surface area (TPSA) is 76.0 Å². The summed E-state index contributed by atoms with van der Waals surface area (Å²) in [5.41, 5.74) is -0.500. The Hall–Kier alpha value is -0.490. The first-order valence-electron chi connectivity index (χ1n) is 7.22. The van der Waals surface area contributed by atoms with E-state index >= 15 is 0 Å². The molecule has 1 aliphatic heterocycles. The van der Waals surface area contributed by atoms with E-state index in [1.54, 1.807) is 27.7 Å². The van der Waals surface area contributed by atoms with Crippen LogP contribution in [0, 0.1) is 5.92 Å². The molecule has 0 amide bonds. The van der Waals surface area contributed by atoms with Crippen LogP contribution in [0.4, 0.5) is 0 Å². The van der Waals surface area contributed by atoms with Crippen LogP contribution in [-0.2, 0) is 14.3 Å². The third-order valence-electron chi connectivity index (χ3n) is 2.89. The van der Waals surface area contributed by atoms with Crippen LogP contribution >= 0.6 is 0 Å². The first-order valence-corrected chi connectivity index (χ1v) is 7.22. The zero-order valence-corrected chi connectivity index (χ0v) is 13.4. The molecule has 120 valence electrons. The fourth-order valence-corrected chi connectivity index (χ4v) is 1.72. The van der Waals surface area contributed by atoms with Crippen molar-refractivity contribution in [2.45, 2.75) is 71.4 Å². The van der Waals surface area contributed by atoms with Gasteiger partial charge in [-0.2, -0.15) is 0 Å². The van der Waals surface area contributed by atoms with Crippen LogP contribution in [0.25, 0.3) is 0 Å². The minimum atomic E-state index is -0.944. The van der Waals surface area contributed by atoms with Gasteiger partial charge in [0.2, 0.25) is 5.79 Å². The highest BCUT2D eigenvalue weighted by Crippen LogP contribution is 2.23. The maximum Gasteiger partial charge on any atom is 0.223 e. The van der Waals surface area contributed by atoms with Gasteiger partial charge in [0.25, 0.3) is 0 Å². The molecule has 2 atom stereocenters. The Balaban J connectivity index is 0.000000280. The highest BCUT2D eigenvalue weighted by molar-refractivity contribution is 5.59. The molecule has 5 nitrogen and oxygen atoms in total. The number of carbonyl (C=O) groups excluding carboxylic acids is 1. The molecule has 2 unspecified atom stereocenters. The lowest BCUT2D eigenvalue weighted by atomic mass is 10.1. The van der Waals surface area contributed by atoms with Crippen molar-refractivity contribution >= 4 is 6.29 Å². The average molecular weight is 290 g/mol. The standard InChI is InChI=1S/C6H12O.C5H8O3.C4H10O/c1-5-3-2-4-6(5)7;1-5(4-6)7-2-3-8-5;1-4(2,3)5/h5-7H,2-4H2,1H3;4H,2-3H2,1H3;5H,1-3H3.